The predicted molar refractivity (Wildman–Crippen MR) is 87.0 cm³/mol. The van der Waals surface area contributed by atoms with Crippen LogP contribution in [0, 0.1) is 0 Å². The van der Waals surface area contributed by atoms with Crippen molar-refractivity contribution >= 4 is 34.2 Å². The van der Waals surface area contributed by atoms with Crippen LogP contribution in [0.15, 0.2) is 24.3 Å². The number of hydrogen-bond acceptors (Lipinski definition) is 3. The van der Waals surface area contributed by atoms with Gasteiger partial charge >= 0.3 is 5.97 Å². The molecule has 0 saturated heterocycles. The van der Waals surface area contributed by atoms with E-state index in [1.807, 2.05) is 0 Å². The lowest BCUT2D eigenvalue weighted by atomic mass is 10.1. The number of unbranched alkanes of at least 4 members (excludes halogenated alkanes) is 2. The van der Waals surface area contributed by atoms with Crippen molar-refractivity contribution in [3.8, 4) is 0 Å². The summed E-state index contributed by atoms with van der Waals surface area (Å²) in [6, 6.07) is 6.24. The van der Waals surface area contributed by atoms with Crippen molar-refractivity contribution in [1.82, 2.24) is 0 Å². The summed E-state index contributed by atoms with van der Waals surface area (Å²) in [5, 5.41) is 8.80. The highest BCUT2D eigenvalue weighted by Gasteiger charge is 2.12. The minimum absolute atomic E-state index is 0.243. The van der Waals surface area contributed by atoms with Crippen molar-refractivity contribution in [2.45, 2.75) is 31.7 Å². The highest BCUT2D eigenvalue weighted by atomic mass is 35.5. The fourth-order valence-corrected chi connectivity index (χ4v) is 2.94. The molecule has 0 bridgehead atoms. The van der Waals surface area contributed by atoms with Crippen LogP contribution < -0.4 is 10.5 Å². The van der Waals surface area contributed by atoms with Gasteiger partial charge in [0.15, 0.2) is 0 Å². The zero-order valence-electron chi connectivity index (χ0n) is 11.8. The minimum atomic E-state index is -1.14. The Morgan fingerprint density at radius 2 is 2.14 bits per heavy atom. The molecule has 0 aliphatic heterocycles. The van der Waals surface area contributed by atoms with Crippen molar-refractivity contribution in [3.05, 3.63) is 29.8 Å². The topological polar surface area (TPSA) is 92.4 Å². The molecule has 0 saturated carbocycles. The standard InChI is InChI=1S/C14H21ClN2O3S/c15-7-2-1-3-8-21(20)17-12-6-4-5-11(9-12)10-13(16)14(18)19/h4-6,9,13,17H,1-3,7-8,10,16H2,(H,18,19)/t13-,21?/m0/s1. The number of hydrogen-bond donors (Lipinski definition) is 3. The SMILES string of the molecule is N[C@@H](Cc1cccc(NS(=O)CCCCCCl)c1)C(=O)O. The summed E-state index contributed by atoms with van der Waals surface area (Å²) in [6.07, 6.45) is 2.99. The van der Waals surface area contributed by atoms with E-state index in [0.29, 0.717) is 17.3 Å². The molecule has 5 nitrogen and oxygen atoms in total. The van der Waals surface area contributed by atoms with E-state index in [2.05, 4.69) is 4.72 Å². The fraction of sp³-hybridized carbons (Fsp3) is 0.500. The minimum Gasteiger partial charge on any atom is -0.480 e. The van der Waals surface area contributed by atoms with Gasteiger partial charge in [-0.25, -0.2) is 4.21 Å². The van der Waals surface area contributed by atoms with E-state index in [1.165, 1.54) is 0 Å². The van der Waals surface area contributed by atoms with Gasteiger partial charge in [0.05, 0.1) is 0 Å². The molecule has 0 spiro atoms. The zero-order valence-corrected chi connectivity index (χ0v) is 13.3. The molecule has 1 rings (SSSR count). The van der Waals surface area contributed by atoms with Crippen molar-refractivity contribution in [2.24, 2.45) is 5.73 Å². The van der Waals surface area contributed by atoms with Crippen molar-refractivity contribution < 1.29 is 14.1 Å². The number of halogens is 1. The van der Waals surface area contributed by atoms with Gasteiger partial charge in [-0.15, -0.1) is 11.6 Å². The summed E-state index contributed by atoms with van der Waals surface area (Å²) in [6.45, 7) is 0. The number of aliphatic carboxylic acids is 1. The third-order valence-corrected chi connectivity index (χ3v) is 4.28. The molecule has 0 aliphatic carbocycles. The highest BCUT2D eigenvalue weighted by Crippen LogP contribution is 2.13. The van der Waals surface area contributed by atoms with E-state index in [4.69, 9.17) is 22.4 Å². The number of benzene rings is 1. The molecule has 1 unspecified atom stereocenters. The van der Waals surface area contributed by atoms with Gasteiger partial charge in [-0.05, 0) is 37.0 Å². The maximum atomic E-state index is 11.9. The molecule has 1 aromatic carbocycles. The molecule has 4 N–H and O–H groups in total. The molecule has 7 heteroatoms. The summed E-state index contributed by atoms with van der Waals surface area (Å²) < 4.78 is 14.8. The molecular formula is C14H21ClN2O3S. The molecule has 0 amide bonds. The Hall–Kier alpha value is -1.11. The third-order valence-electron chi connectivity index (χ3n) is 2.89. The number of nitrogens with two attached hydrogens (primary N) is 1. The maximum absolute atomic E-state index is 11.9. The Morgan fingerprint density at radius 1 is 1.38 bits per heavy atom. The van der Waals surface area contributed by atoms with Crippen LogP contribution in [-0.2, 0) is 22.2 Å². The summed E-state index contributed by atoms with van der Waals surface area (Å²) in [5.74, 6) is 0.165. The number of carboxylic acids is 1. The Kier molecular flexibility index (Phi) is 8.34. The second-order valence-corrected chi connectivity index (χ2v) is 6.43. The van der Waals surface area contributed by atoms with Crippen LogP contribution in [0.3, 0.4) is 0 Å². The Bertz CT molecular complexity index is 485. The Morgan fingerprint density at radius 3 is 2.81 bits per heavy atom. The quantitative estimate of drug-likeness (QED) is 0.452. The maximum Gasteiger partial charge on any atom is 0.320 e. The van der Waals surface area contributed by atoms with Gasteiger partial charge in [-0.3, -0.25) is 4.79 Å². The molecule has 21 heavy (non-hydrogen) atoms. The van der Waals surface area contributed by atoms with E-state index >= 15 is 0 Å². The van der Waals surface area contributed by atoms with Crippen LogP contribution in [0.4, 0.5) is 5.69 Å². The van der Waals surface area contributed by atoms with Gasteiger partial charge < -0.3 is 15.6 Å². The van der Waals surface area contributed by atoms with E-state index in [0.717, 1.165) is 24.8 Å². The number of anilines is 1. The lowest BCUT2D eigenvalue weighted by Gasteiger charge is -2.10. The first-order valence-electron chi connectivity index (χ1n) is 6.81. The monoisotopic (exact) mass is 332 g/mol. The number of carbonyl (C=O) groups is 1. The van der Waals surface area contributed by atoms with Crippen molar-refractivity contribution in [3.63, 3.8) is 0 Å². The number of carboxylic acid groups (broad SMARTS) is 1. The molecule has 118 valence electrons. The van der Waals surface area contributed by atoms with Crippen LogP contribution in [-0.4, -0.2) is 33.0 Å². The largest absolute Gasteiger partial charge is 0.480 e. The summed E-state index contributed by atoms with van der Waals surface area (Å²) in [7, 11) is -1.14. The molecule has 0 heterocycles. The average molecular weight is 333 g/mol. The number of rotatable bonds is 10. The number of alkyl halides is 1. The van der Waals surface area contributed by atoms with Gasteiger partial charge in [0, 0.05) is 17.3 Å². The molecule has 0 aliphatic rings. The first-order valence-corrected chi connectivity index (χ1v) is 8.66. The van der Waals surface area contributed by atoms with Crippen molar-refractivity contribution in [2.75, 3.05) is 16.4 Å². The summed E-state index contributed by atoms with van der Waals surface area (Å²) >= 11 is 5.58. The van der Waals surface area contributed by atoms with E-state index in [1.54, 1.807) is 24.3 Å². The molecule has 0 aromatic heterocycles. The van der Waals surface area contributed by atoms with Crippen LogP contribution in [0.2, 0.25) is 0 Å². The Labute approximate surface area is 132 Å². The van der Waals surface area contributed by atoms with Crippen LogP contribution >= 0.6 is 11.6 Å². The normalized spacial score (nSPS) is 13.6. The third kappa shape index (κ3) is 7.45. The van der Waals surface area contributed by atoms with Gasteiger partial charge in [-0.1, -0.05) is 18.6 Å². The second-order valence-electron chi connectivity index (χ2n) is 4.75. The lowest BCUT2D eigenvalue weighted by Crippen LogP contribution is -2.32. The summed E-state index contributed by atoms with van der Waals surface area (Å²) in [5.41, 5.74) is 7.01. The van der Waals surface area contributed by atoms with E-state index in [-0.39, 0.29) is 6.42 Å². The van der Waals surface area contributed by atoms with Gasteiger partial charge in [-0.2, -0.15) is 0 Å². The van der Waals surface area contributed by atoms with Gasteiger partial charge in [0.1, 0.15) is 17.0 Å². The molecule has 0 fully saturated rings. The van der Waals surface area contributed by atoms with E-state index < -0.39 is 23.0 Å². The molecule has 0 radical (unpaired) electrons. The predicted octanol–water partition coefficient (Wildman–Crippen LogP) is 2.13. The molecule has 1 aromatic rings. The molecular weight excluding hydrogens is 312 g/mol. The fourth-order valence-electron chi connectivity index (χ4n) is 1.79. The van der Waals surface area contributed by atoms with Crippen LogP contribution in [0.25, 0.3) is 0 Å². The first-order chi connectivity index (χ1) is 10.0. The lowest BCUT2D eigenvalue weighted by molar-refractivity contribution is -0.138. The Balaban J connectivity index is 2.48. The summed E-state index contributed by atoms with van der Waals surface area (Å²) in [4.78, 5) is 10.7. The first kappa shape index (κ1) is 17.9. The number of nitrogens with one attached hydrogen (secondary N) is 1. The average Bonchev–Trinajstić information content (AvgIpc) is 2.44. The van der Waals surface area contributed by atoms with Crippen LogP contribution in [0.1, 0.15) is 24.8 Å². The van der Waals surface area contributed by atoms with E-state index in [9.17, 15) is 9.00 Å². The smallest absolute Gasteiger partial charge is 0.320 e. The zero-order chi connectivity index (χ0) is 15.7. The highest BCUT2D eigenvalue weighted by molar-refractivity contribution is 7.86. The second kappa shape index (κ2) is 9.76. The van der Waals surface area contributed by atoms with Gasteiger partial charge in [0.2, 0.25) is 0 Å². The van der Waals surface area contributed by atoms with Crippen LogP contribution in [0.5, 0.6) is 0 Å². The van der Waals surface area contributed by atoms with Crippen molar-refractivity contribution in [1.29, 1.82) is 0 Å². The molecule has 2 atom stereocenters. The van der Waals surface area contributed by atoms with Gasteiger partial charge in [0.25, 0.3) is 0 Å².